The van der Waals surface area contributed by atoms with E-state index in [1.807, 2.05) is 0 Å². The van der Waals surface area contributed by atoms with Crippen molar-refractivity contribution in [2.45, 2.75) is 59.0 Å². The minimum atomic E-state index is -1.46. The van der Waals surface area contributed by atoms with Gasteiger partial charge in [0, 0.05) is 34.6 Å². The third-order valence-electron chi connectivity index (χ3n) is 2.90. The number of halogens is 1. The van der Waals surface area contributed by atoms with E-state index in [0.717, 1.165) is 34.6 Å². The predicted octanol–water partition coefficient (Wildman–Crippen LogP) is 0.515. The molecule has 0 rings (SSSR count). The van der Waals surface area contributed by atoms with Gasteiger partial charge in [-0.2, -0.15) is 0 Å². The van der Waals surface area contributed by atoms with Crippen LogP contribution in [0.3, 0.4) is 0 Å². The second-order valence-electron chi connectivity index (χ2n) is 5.40. The lowest BCUT2D eigenvalue weighted by molar-refractivity contribution is -0.201. The van der Waals surface area contributed by atoms with Crippen molar-refractivity contribution < 1.29 is 47.7 Å². The molecular weight excluding hydrogens is 388 g/mol. The van der Waals surface area contributed by atoms with Crippen LogP contribution in [0.15, 0.2) is 0 Å². The number of rotatable bonds is 10. The van der Waals surface area contributed by atoms with Crippen LogP contribution in [0.25, 0.3) is 0 Å². The van der Waals surface area contributed by atoms with Crippen LogP contribution in [0, 0.1) is 0 Å². The molecule has 0 spiro atoms. The Labute approximate surface area is 161 Å². The van der Waals surface area contributed by atoms with E-state index in [2.05, 4.69) is 0 Å². The highest BCUT2D eigenvalue weighted by molar-refractivity contribution is 6.18. The highest BCUT2D eigenvalue weighted by Gasteiger charge is 2.43. The van der Waals surface area contributed by atoms with Gasteiger partial charge in [-0.1, -0.05) is 0 Å². The average molecular weight is 411 g/mol. The first-order chi connectivity index (χ1) is 12.5. The zero-order valence-corrected chi connectivity index (χ0v) is 16.4. The molecule has 0 aliphatic rings. The van der Waals surface area contributed by atoms with Gasteiger partial charge < -0.3 is 23.7 Å². The second kappa shape index (κ2) is 12.1. The first-order valence-corrected chi connectivity index (χ1v) is 8.39. The SMILES string of the molecule is CC(=O)OC[C@@H](OC(C)=O)[C@@H](OC(C)=O)[C@H](OC(C)=O)[C@H](CCl)OC(C)=O. The van der Waals surface area contributed by atoms with Crippen LogP contribution in [-0.4, -0.2) is 66.7 Å². The molecule has 0 aromatic carbocycles. The highest BCUT2D eigenvalue weighted by atomic mass is 35.5. The molecule has 0 amide bonds. The molecular formula is C16H23ClO10. The first-order valence-electron chi connectivity index (χ1n) is 7.86. The topological polar surface area (TPSA) is 132 Å². The minimum Gasteiger partial charge on any atom is -0.462 e. The molecule has 11 heteroatoms. The van der Waals surface area contributed by atoms with Gasteiger partial charge in [-0.3, -0.25) is 24.0 Å². The molecule has 27 heavy (non-hydrogen) atoms. The molecule has 0 saturated carbocycles. The number of carbonyl (C=O) groups is 5. The molecule has 0 unspecified atom stereocenters. The number of alkyl halides is 1. The Balaban J connectivity index is 5.96. The summed E-state index contributed by atoms with van der Waals surface area (Å²) in [6, 6.07) is 0. The fraction of sp³-hybridized carbons (Fsp3) is 0.688. The van der Waals surface area contributed by atoms with Gasteiger partial charge in [-0.15, -0.1) is 11.6 Å². The molecule has 0 N–H and O–H groups in total. The van der Waals surface area contributed by atoms with Crippen molar-refractivity contribution >= 4 is 41.4 Å². The van der Waals surface area contributed by atoms with Crippen LogP contribution in [-0.2, 0) is 47.7 Å². The largest absolute Gasteiger partial charge is 0.462 e. The van der Waals surface area contributed by atoms with E-state index in [1.165, 1.54) is 0 Å². The summed E-state index contributed by atoms with van der Waals surface area (Å²) in [5.41, 5.74) is 0. The summed E-state index contributed by atoms with van der Waals surface area (Å²) in [5, 5.41) is 0. The number of hydrogen-bond donors (Lipinski definition) is 0. The Kier molecular flexibility index (Phi) is 11.0. The number of ether oxygens (including phenoxy) is 5. The lowest BCUT2D eigenvalue weighted by Gasteiger charge is -2.34. The van der Waals surface area contributed by atoms with Gasteiger partial charge in [0.05, 0.1) is 5.88 Å². The van der Waals surface area contributed by atoms with Crippen molar-refractivity contribution in [1.29, 1.82) is 0 Å². The summed E-state index contributed by atoms with van der Waals surface area (Å²) in [6.45, 7) is 4.94. The van der Waals surface area contributed by atoms with Gasteiger partial charge in [0.1, 0.15) is 6.61 Å². The van der Waals surface area contributed by atoms with E-state index in [0.29, 0.717) is 0 Å². The zero-order valence-electron chi connectivity index (χ0n) is 15.7. The normalized spacial score (nSPS) is 14.7. The zero-order chi connectivity index (χ0) is 21.1. The van der Waals surface area contributed by atoms with Gasteiger partial charge in [0.15, 0.2) is 24.4 Å². The Morgan fingerprint density at radius 1 is 0.630 bits per heavy atom. The van der Waals surface area contributed by atoms with Crippen molar-refractivity contribution in [3.05, 3.63) is 0 Å². The Hall–Kier alpha value is -2.36. The molecule has 0 heterocycles. The highest BCUT2D eigenvalue weighted by Crippen LogP contribution is 2.21. The summed E-state index contributed by atoms with van der Waals surface area (Å²) in [6.07, 6.45) is -5.46. The molecule has 0 bridgehead atoms. The maximum atomic E-state index is 11.6. The summed E-state index contributed by atoms with van der Waals surface area (Å²) >= 11 is 5.81. The van der Waals surface area contributed by atoms with Crippen LogP contribution < -0.4 is 0 Å². The van der Waals surface area contributed by atoms with Gasteiger partial charge >= 0.3 is 29.8 Å². The van der Waals surface area contributed by atoms with Crippen molar-refractivity contribution in [1.82, 2.24) is 0 Å². The summed E-state index contributed by atoms with van der Waals surface area (Å²) in [7, 11) is 0. The molecule has 0 aliphatic heterocycles. The smallest absolute Gasteiger partial charge is 0.303 e. The Morgan fingerprint density at radius 2 is 1.00 bits per heavy atom. The lowest BCUT2D eigenvalue weighted by atomic mass is 10.0. The number of carbonyl (C=O) groups excluding carboxylic acids is 5. The molecule has 0 aliphatic carbocycles. The van der Waals surface area contributed by atoms with Gasteiger partial charge in [0.25, 0.3) is 0 Å². The summed E-state index contributed by atoms with van der Waals surface area (Å²) in [4.78, 5) is 56.9. The van der Waals surface area contributed by atoms with Crippen LogP contribution in [0.2, 0.25) is 0 Å². The number of esters is 5. The van der Waals surface area contributed by atoms with E-state index in [1.54, 1.807) is 0 Å². The van der Waals surface area contributed by atoms with Crippen LogP contribution in [0.4, 0.5) is 0 Å². The predicted molar refractivity (Wildman–Crippen MR) is 89.6 cm³/mol. The standard InChI is InChI=1S/C16H23ClO10/c1-8(18)23-7-14(25-10(3)20)16(27-12(5)22)15(26-11(4)21)13(6-17)24-9(2)19/h13-16H,6-7H2,1-5H3/t13-,14+,15+,16+/m0/s1. The van der Waals surface area contributed by atoms with Gasteiger partial charge in [-0.25, -0.2) is 0 Å². The van der Waals surface area contributed by atoms with Crippen LogP contribution >= 0.6 is 11.6 Å². The first kappa shape index (κ1) is 24.6. The van der Waals surface area contributed by atoms with E-state index < -0.39 is 60.9 Å². The van der Waals surface area contributed by atoms with Gasteiger partial charge in [-0.05, 0) is 0 Å². The Morgan fingerprint density at radius 3 is 1.33 bits per heavy atom. The third-order valence-corrected chi connectivity index (χ3v) is 3.20. The molecule has 0 fully saturated rings. The van der Waals surface area contributed by atoms with Gasteiger partial charge in [0.2, 0.25) is 0 Å². The molecule has 0 aromatic rings. The maximum absolute atomic E-state index is 11.6. The second-order valence-corrected chi connectivity index (χ2v) is 5.71. The van der Waals surface area contributed by atoms with Crippen molar-refractivity contribution in [3.8, 4) is 0 Å². The fourth-order valence-electron chi connectivity index (χ4n) is 2.10. The van der Waals surface area contributed by atoms with E-state index >= 15 is 0 Å². The van der Waals surface area contributed by atoms with E-state index in [4.69, 9.17) is 35.3 Å². The molecule has 154 valence electrons. The van der Waals surface area contributed by atoms with E-state index in [-0.39, 0.29) is 5.88 Å². The van der Waals surface area contributed by atoms with Crippen molar-refractivity contribution in [2.24, 2.45) is 0 Å². The maximum Gasteiger partial charge on any atom is 0.303 e. The molecule has 4 atom stereocenters. The molecule has 10 nitrogen and oxygen atoms in total. The van der Waals surface area contributed by atoms with Crippen LogP contribution in [0.1, 0.15) is 34.6 Å². The summed E-state index contributed by atoms with van der Waals surface area (Å²) < 4.78 is 25.2. The minimum absolute atomic E-state index is 0.324. The molecule has 0 aromatic heterocycles. The quantitative estimate of drug-likeness (QED) is 0.285. The fourth-order valence-corrected chi connectivity index (χ4v) is 2.34. The monoisotopic (exact) mass is 410 g/mol. The summed E-state index contributed by atoms with van der Waals surface area (Å²) in [5.74, 6) is -4.13. The Bertz CT molecular complexity index is 561. The van der Waals surface area contributed by atoms with Crippen molar-refractivity contribution in [3.63, 3.8) is 0 Å². The van der Waals surface area contributed by atoms with Crippen LogP contribution in [0.5, 0.6) is 0 Å². The third kappa shape index (κ3) is 10.4. The molecule has 0 radical (unpaired) electrons. The number of hydrogen-bond acceptors (Lipinski definition) is 10. The average Bonchev–Trinajstić information content (AvgIpc) is 2.51. The molecule has 0 saturated heterocycles. The lowest BCUT2D eigenvalue weighted by Crippen LogP contribution is -2.53. The van der Waals surface area contributed by atoms with Crippen molar-refractivity contribution in [2.75, 3.05) is 12.5 Å². The van der Waals surface area contributed by atoms with E-state index in [9.17, 15) is 24.0 Å².